The van der Waals surface area contributed by atoms with Crippen LogP contribution in [0, 0.1) is 6.92 Å². The Bertz CT molecular complexity index is 1630. The highest BCUT2D eigenvalue weighted by Crippen LogP contribution is 2.37. The van der Waals surface area contributed by atoms with E-state index in [-0.39, 0.29) is 0 Å². The molecule has 0 bridgehead atoms. The van der Waals surface area contributed by atoms with Gasteiger partial charge in [-0.2, -0.15) is 5.10 Å². The van der Waals surface area contributed by atoms with Gasteiger partial charge >= 0.3 is 0 Å². The average Bonchev–Trinajstić information content (AvgIpc) is 3.55. The minimum Gasteiger partial charge on any atom is -0.383 e. The molecule has 0 spiro atoms. The number of benzene rings is 2. The van der Waals surface area contributed by atoms with Crippen LogP contribution in [0.5, 0.6) is 0 Å². The molecule has 7 rings (SSSR count). The fourth-order valence-electron chi connectivity index (χ4n) is 6.37. The van der Waals surface area contributed by atoms with Crippen molar-refractivity contribution in [3.8, 4) is 11.3 Å². The van der Waals surface area contributed by atoms with E-state index in [0.717, 1.165) is 97.6 Å². The molecular formula is C30H34N8O. The molecule has 39 heavy (non-hydrogen) atoms. The van der Waals surface area contributed by atoms with Gasteiger partial charge in [-0.3, -0.25) is 4.90 Å². The first kappa shape index (κ1) is 24.2. The van der Waals surface area contributed by atoms with Gasteiger partial charge in [0.25, 0.3) is 0 Å². The number of H-pyrrole nitrogens is 1. The molecule has 4 heterocycles. The molecule has 2 fully saturated rings. The van der Waals surface area contributed by atoms with Crippen LogP contribution >= 0.6 is 0 Å². The van der Waals surface area contributed by atoms with E-state index in [1.54, 1.807) is 6.33 Å². The maximum Gasteiger partial charge on any atom is 0.164 e. The molecule has 3 aromatic heterocycles. The Hall–Kier alpha value is -3.82. The molecule has 0 atom stereocenters. The lowest BCUT2D eigenvalue weighted by Crippen LogP contribution is -2.45. The molecular weight excluding hydrogens is 488 g/mol. The summed E-state index contributed by atoms with van der Waals surface area (Å²) < 4.78 is 7.67. The summed E-state index contributed by atoms with van der Waals surface area (Å²) in [6, 6.07) is 15.7. The summed E-state index contributed by atoms with van der Waals surface area (Å²) in [7, 11) is 0. The first-order valence-corrected chi connectivity index (χ1v) is 14.0. The second-order valence-corrected chi connectivity index (χ2v) is 10.9. The van der Waals surface area contributed by atoms with Gasteiger partial charge in [-0.1, -0.05) is 35.9 Å². The van der Waals surface area contributed by atoms with Gasteiger partial charge in [-0.05, 0) is 50.3 Å². The van der Waals surface area contributed by atoms with Gasteiger partial charge in [0.15, 0.2) is 5.65 Å². The number of rotatable bonds is 5. The number of ether oxygens (including phenoxy) is 1. The van der Waals surface area contributed by atoms with Gasteiger partial charge in [-0.15, -0.1) is 0 Å². The zero-order valence-electron chi connectivity index (χ0n) is 22.3. The van der Waals surface area contributed by atoms with Gasteiger partial charge in [0, 0.05) is 31.1 Å². The smallest absolute Gasteiger partial charge is 0.164 e. The van der Waals surface area contributed by atoms with Gasteiger partial charge < -0.3 is 15.5 Å². The van der Waals surface area contributed by atoms with Crippen LogP contribution in [0.4, 0.5) is 5.82 Å². The third-order valence-corrected chi connectivity index (χ3v) is 8.35. The quantitative estimate of drug-likeness (QED) is 0.345. The van der Waals surface area contributed by atoms with Crippen molar-refractivity contribution in [3.05, 3.63) is 65.7 Å². The Morgan fingerprint density at radius 1 is 1.00 bits per heavy atom. The van der Waals surface area contributed by atoms with E-state index in [1.165, 1.54) is 11.1 Å². The van der Waals surface area contributed by atoms with Crippen LogP contribution in [0.1, 0.15) is 48.7 Å². The Morgan fingerprint density at radius 3 is 2.64 bits per heavy atom. The summed E-state index contributed by atoms with van der Waals surface area (Å²) >= 11 is 0. The largest absolute Gasteiger partial charge is 0.383 e. The molecule has 5 aromatic rings. The first-order chi connectivity index (χ1) is 19.1. The molecule has 9 heteroatoms. The fourth-order valence-corrected chi connectivity index (χ4v) is 6.37. The molecule has 9 nitrogen and oxygen atoms in total. The number of nitrogens with zero attached hydrogens (tertiary/aromatic N) is 6. The average molecular weight is 523 g/mol. The monoisotopic (exact) mass is 522 g/mol. The standard InChI is InChI=1S/C30H34N8O/c1-19-3-2-4-20(15-19)16-26-34-24-10-5-21(17-25(24)35-26)28-27-29(31)32-18-33-30(27)38(36-28)23-8-6-22(7-9-23)37-11-13-39-14-12-37/h2-5,10,15,17-18,22-23H,6-9,11-14,16H2,1H3,(H,34,35)(H2,31,32,33)/t22-,23-. The van der Waals surface area contributed by atoms with Crippen LogP contribution in [0.15, 0.2) is 48.8 Å². The van der Waals surface area contributed by atoms with E-state index in [4.69, 9.17) is 20.6 Å². The van der Waals surface area contributed by atoms with Crippen LogP contribution in [0.2, 0.25) is 0 Å². The van der Waals surface area contributed by atoms with Gasteiger partial charge in [0.1, 0.15) is 23.7 Å². The summed E-state index contributed by atoms with van der Waals surface area (Å²) in [5.41, 5.74) is 13.5. The summed E-state index contributed by atoms with van der Waals surface area (Å²) in [5, 5.41) is 5.96. The van der Waals surface area contributed by atoms with E-state index in [0.29, 0.717) is 17.9 Å². The highest BCUT2D eigenvalue weighted by molar-refractivity contribution is 5.99. The number of nitrogen functional groups attached to an aromatic ring is 1. The Labute approximate surface area is 227 Å². The highest BCUT2D eigenvalue weighted by atomic mass is 16.5. The third-order valence-electron chi connectivity index (χ3n) is 8.35. The van der Waals surface area contributed by atoms with Crippen molar-refractivity contribution in [3.63, 3.8) is 0 Å². The van der Waals surface area contributed by atoms with Crippen molar-refractivity contribution >= 4 is 27.9 Å². The van der Waals surface area contributed by atoms with Crippen LogP contribution in [-0.2, 0) is 11.2 Å². The zero-order valence-corrected chi connectivity index (χ0v) is 22.3. The number of aromatic nitrogens is 6. The number of nitrogens with two attached hydrogens (primary N) is 1. The van der Waals surface area contributed by atoms with Crippen molar-refractivity contribution in [2.45, 2.75) is 51.1 Å². The van der Waals surface area contributed by atoms with E-state index in [9.17, 15) is 0 Å². The number of aromatic amines is 1. The Balaban J connectivity index is 1.19. The lowest BCUT2D eigenvalue weighted by Gasteiger charge is -2.38. The Kier molecular flexibility index (Phi) is 6.25. The van der Waals surface area contributed by atoms with E-state index < -0.39 is 0 Å². The number of nitrogens with one attached hydrogen (secondary N) is 1. The normalized spacial score (nSPS) is 20.6. The lowest BCUT2D eigenvalue weighted by molar-refractivity contribution is 0.00520. The number of hydrogen-bond acceptors (Lipinski definition) is 7. The van der Waals surface area contributed by atoms with E-state index >= 15 is 0 Å². The molecule has 3 N–H and O–H groups in total. The van der Waals surface area contributed by atoms with Gasteiger partial charge in [-0.25, -0.2) is 19.6 Å². The van der Waals surface area contributed by atoms with Crippen LogP contribution < -0.4 is 5.73 Å². The number of hydrogen-bond donors (Lipinski definition) is 2. The molecule has 0 amide bonds. The summed E-state index contributed by atoms with van der Waals surface area (Å²) in [6.07, 6.45) is 6.78. The van der Waals surface area contributed by atoms with Crippen molar-refractivity contribution in [2.75, 3.05) is 32.0 Å². The third kappa shape index (κ3) is 4.66. The number of aryl methyl sites for hydroxylation is 1. The van der Waals surface area contributed by atoms with Crippen LogP contribution in [0.25, 0.3) is 33.3 Å². The number of anilines is 1. The number of fused-ring (bicyclic) bond motifs is 2. The van der Waals surface area contributed by atoms with Gasteiger partial charge in [0.2, 0.25) is 0 Å². The topological polar surface area (TPSA) is 111 Å². The molecule has 0 radical (unpaired) electrons. The van der Waals surface area contributed by atoms with Crippen molar-refractivity contribution < 1.29 is 4.74 Å². The summed E-state index contributed by atoms with van der Waals surface area (Å²) in [6.45, 7) is 5.88. The summed E-state index contributed by atoms with van der Waals surface area (Å²) in [4.78, 5) is 19.9. The van der Waals surface area contributed by atoms with Crippen LogP contribution in [-0.4, -0.2) is 67.0 Å². The predicted octanol–water partition coefficient (Wildman–Crippen LogP) is 4.67. The first-order valence-electron chi connectivity index (χ1n) is 14.0. The van der Waals surface area contributed by atoms with E-state index in [1.807, 2.05) is 0 Å². The van der Waals surface area contributed by atoms with Gasteiger partial charge in [0.05, 0.1) is 35.7 Å². The molecule has 1 aliphatic heterocycles. The van der Waals surface area contributed by atoms with Crippen molar-refractivity contribution in [1.29, 1.82) is 0 Å². The molecule has 1 aliphatic carbocycles. The maximum absolute atomic E-state index is 6.43. The molecule has 0 unspecified atom stereocenters. The Morgan fingerprint density at radius 2 is 1.82 bits per heavy atom. The maximum atomic E-state index is 6.43. The van der Waals surface area contributed by atoms with Crippen LogP contribution in [0.3, 0.4) is 0 Å². The van der Waals surface area contributed by atoms with Crippen molar-refractivity contribution in [1.82, 2.24) is 34.6 Å². The summed E-state index contributed by atoms with van der Waals surface area (Å²) in [5.74, 6) is 1.41. The zero-order chi connectivity index (χ0) is 26.3. The highest BCUT2D eigenvalue weighted by Gasteiger charge is 2.30. The SMILES string of the molecule is Cc1cccc(Cc2nc3ccc(-c4nn([C@H]5CC[C@H](N6CCOCC6)CC5)c5ncnc(N)c45)cc3[nH]2)c1. The van der Waals surface area contributed by atoms with E-state index in [2.05, 4.69) is 73.9 Å². The second-order valence-electron chi connectivity index (χ2n) is 10.9. The minimum atomic E-state index is 0.296. The molecule has 200 valence electrons. The predicted molar refractivity (Wildman–Crippen MR) is 152 cm³/mol. The lowest BCUT2D eigenvalue weighted by atomic mass is 9.90. The molecule has 2 aromatic carbocycles. The number of morpholine rings is 1. The van der Waals surface area contributed by atoms with Crippen molar-refractivity contribution in [2.24, 2.45) is 0 Å². The molecule has 1 saturated carbocycles. The number of imidazole rings is 1. The second kappa shape index (κ2) is 10.1. The molecule has 2 aliphatic rings. The molecule has 1 saturated heterocycles. The fraction of sp³-hybridized carbons (Fsp3) is 0.400. The minimum absolute atomic E-state index is 0.296.